The predicted molar refractivity (Wildman–Crippen MR) is 299 cm³/mol. The number of nitrogens with one attached hydrogen (secondary N) is 4. The van der Waals surface area contributed by atoms with E-state index >= 15 is 0 Å². The van der Waals surface area contributed by atoms with E-state index in [-0.39, 0.29) is 83.0 Å². The molecule has 6 unspecified atom stereocenters. The zero-order valence-electron chi connectivity index (χ0n) is 51.3. The molecule has 0 radical (unpaired) electrons. The first kappa shape index (κ1) is 76.0. The number of unbranched alkanes of at least 4 members (excludes halogenated alkanes) is 3. The highest BCUT2D eigenvalue weighted by Crippen LogP contribution is 2.30. The van der Waals surface area contributed by atoms with Crippen molar-refractivity contribution in [2.45, 2.75) is 205 Å². The minimum Gasteiger partial charge on any atom is -0.463 e. The fourth-order valence-electron chi connectivity index (χ4n) is 9.63. The summed E-state index contributed by atoms with van der Waals surface area (Å²) in [6.07, 6.45) is -11.8. The third kappa shape index (κ3) is 27.6. The molecule has 4 amide bonds. The Morgan fingerprint density at radius 2 is 0.830 bits per heavy atom. The first-order valence-corrected chi connectivity index (χ1v) is 29.3. The molecule has 3 aliphatic heterocycles. The lowest BCUT2D eigenvalue weighted by Crippen LogP contribution is -2.66. The van der Waals surface area contributed by atoms with Crippen LogP contribution in [0.1, 0.15) is 113 Å². The van der Waals surface area contributed by atoms with Crippen molar-refractivity contribution in [3.8, 4) is 0 Å². The van der Waals surface area contributed by atoms with Crippen LogP contribution in [0.2, 0.25) is 0 Å². The summed E-state index contributed by atoms with van der Waals surface area (Å²) in [7, 11) is 0. The van der Waals surface area contributed by atoms with Gasteiger partial charge in [-0.1, -0.05) is 0 Å². The van der Waals surface area contributed by atoms with Crippen LogP contribution in [0.4, 0.5) is 0 Å². The average molecular weight is 1270 g/mol. The van der Waals surface area contributed by atoms with Gasteiger partial charge in [-0.25, -0.2) is 0 Å². The number of carbonyl (C=O) groups excluding carboxylic acids is 11. The van der Waals surface area contributed by atoms with Crippen LogP contribution < -0.4 is 32.7 Å². The number of nitrogens with zero attached hydrogens (tertiary/aromatic N) is 1. The Morgan fingerprint density at radius 3 is 1.26 bits per heavy atom. The average Bonchev–Trinajstić information content (AvgIpc) is 2.89. The molecule has 0 spiro atoms. The van der Waals surface area contributed by atoms with Gasteiger partial charge >= 0.3 is 41.8 Å². The van der Waals surface area contributed by atoms with Crippen molar-refractivity contribution in [2.75, 3.05) is 78.9 Å². The molecule has 3 aliphatic rings. The van der Waals surface area contributed by atoms with Gasteiger partial charge in [-0.15, -0.1) is 0 Å². The van der Waals surface area contributed by atoms with Crippen LogP contribution in [0.25, 0.3) is 0 Å². The zero-order chi connectivity index (χ0) is 65.5. The zero-order valence-corrected chi connectivity index (χ0v) is 51.3. The first-order chi connectivity index (χ1) is 41.8. The second kappa shape index (κ2) is 40.4. The number of rotatable bonds is 38. The number of aliphatic hydroxyl groups is 2. The molecule has 0 aromatic heterocycles. The number of hydrogen-bond donors (Lipinski definition) is 8. The van der Waals surface area contributed by atoms with Crippen LogP contribution in [0.3, 0.4) is 0 Å². The fourth-order valence-corrected chi connectivity index (χ4v) is 9.63. The fraction of sp³-hybridized carbons (Fsp3) is 0.800. The maximum Gasteiger partial charge on any atom is 0.303 e. The van der Waals surface area contributed by atoms with Crippen LogP contribution in [0, 0.1) is 0 Å². The van der Waals surface area contributed by atoms with E-state index in [2.05, 4.69) is 21.3 Å². The van der Waals surface area contributed by atoms with Crippen LogP contribution in [0.15, 0.2) is 0 Å². The molecular formula is C55H91N7O26. The van der Waals surface area contributed by atoms with Gasteiger partial charge in [0.05, 0.1) is 25.3 Å². The number of nitrogens with two attached hydrogens (primary N) is 2. The summed E-state index contributed by atoms with van der Waals surface area (Å²) in [5.41, 5.74) is 12.6. The molecule has 0 aromatic carbocycles. The number of ether oxygens (including phenoxy) is 13. The molecule has 502 valence electrons. The molecule has 0 aromatic rings. The van der Waals surface area contributed by atoms with Crippen molar-refractivity contribution in [1.82, 2.24) is 26.2 Å². The number of hydrogen-bond acceptors (Lipinski definition) is 29. The van der Waals surface area contributed by atoms with E-state index in [0.29, 0.717) is 51.6 Å². The Hall–Kier alpha value is -6.27. The summed E-state index contributed by atoms with van der Waals surface area (Å²) in [5.74, 6) is -6.34. The maximum absolute atomic E-state index is 13.7. The van der Waals surface area contributed by atoms with Crippen molar-refractivity contribution in [1.29, 1.82) is 0 Å². The van der Waals surface area contributed by atoms with Gasteiger partial charge in [0.25, 0.3) is 0 Å². The minimum absolute atomic E-state index is 0.0142. The third-order valence-corrected chi connectivity index (χ3v) is 13.5. The quantitative estimate of drug-likeness (QED) is 0.0170. The SMILES string of the molecule is CC(=O)NC1[C@H](OCCCCC(=O)NCCN(CCNCCNC(=O)CCCCO[C@@H]2OC(CO)[C@H](OC(C)=O)[C@H](OC(C)=O)C2N)C(=O)CCCCO[C@@H]2OC(CO)[C@H](OC(C)=O)[C@H](OC(C)=O)C2N)OC(COC(C)=O)[C@H](OC(C)=O)[C@@H]1OC(C)=O. The van der Waals surface area contributed by atoms with E-state index < -0.39 is 159 Å². The second-order valence-electron chi connectivity index (χ2n) is 20.9. The van der Waals surface area contributed by atoms with E-state index in [9.17, 15) is 63.0 Å². The Morgan fingerprint density at radius 1 is 0.443 bits per heavy atom. The Labute approximate surface area is 510 Å². The molecular weight excluding hydrogens is 1170 g/mol. The molecule has 3 rings (SSSR count). The number of amides is 4. The molecule has 15 atom stereocenters. The predicted octanol–water partition coefficient (Wildman–Crippen LogP) is -3.33. The monoisotopic (exact) mass is 1270 g/mol. The van der Waals surface area contributed by atoms with E-state index in [1.165, 1.54) is 6.92 Å². The molecule has 3 heterocycles. The van der Waals surface area contributed by atoms with Gasteiger partial charge in [0.1, 0.15) is 31.0 Å². The molecule has 0 saturated carbocycles. The summed E-state index contributed by atoms with van der Waals surface area (Å²) in [6.45, 7) is 9.08. The minimum atomic E-state index is -1.30. The lowest BCUT2D eigenvalue weighted by molar-refractivity contribution is -0.277. The van der Waals surface area contributed by atoms with Gasteiger partial charge in [0.15, 0.2) is 55.5 Å². The van der Waals surface area contributed by atoms with E-state index in [1.54, 1.807) is 4.90 Å². The highest BCUT2D eigenvalue weighted by molar-refractivity contribution is 5.78. The number of esters is 7. The Balaban J connectivity index is 1.53. The number of aliphatic hydroxyl groups excluding tert-OH is 2. The molecule has 33 heteroatoms. The first-order valence-electron chi connectivity index (χ1n) is 29.3. The summed E-state index contributed by atoms with van der Waals surface area (Å²) in [5, 5.41) is 31.3. The van der Waals surface area contributed by atoms with Crippen LogP contribution >= 0.6 is 0 Å². The summed E-state index contributed by atoms with van der Waals surface area (Å²) >= 11 is 0. The Kier molecular flexibility index (Phi) is 34.9. The van der Waals surface area contributed by atoms with Gasteiger partial charge in [0.2, 0.25) is 23.6 Å². The highest BCUT2D eigenvalue weighted by atomic mass is 16.7. The lowest BCUT2D eigenvalue weighted by Gasteiger charge is -2.44. The molecule has 10 N–H and O–H groups in total. The topological polar surface area (TPSA) is 452 Å². The van der Waals surface area contributed by atoms with E-state index in [4.69, 9.17) is 73.0 Å². The van der Waals surface area contributed by atoms with Crippen molar-refractivity contribution >= 4 is 65.4 Å². The van der Waals surface area contributed by atoms with Gasteiger partial charge in [-0.05, 0) is 38.5 Å². The maximum atomic E-state index is 13.7. The summed E-state index contributed by atoms with van der Waals surface area (Å²) in [6, 6.07) is -3.32. The molecule has 0 aliphatic carbocycles. The van der Waals surface area contributed by atoms with E-state index in [0.717, 1.165) is 48.5 Å². The second-order valence-corrected chi connectivity index (χ2v) is 20.9. The van der Waals surface area contributed by atoms with Gasteiger partial charge in [0, 0.05) is 134 Å². The largest absolute Gasteiger partial charge is 0.463 e. The molecule has 88 heavy (non-hydrogen) atoms. The standard InChI is InChI=1S/C55H91N7O26/c1-30(65)61-46-52(85-37(8)72)49(82-34(5)69)40(29-79-31(2)66)88-55(46)78-26-13-10-16-42(74)60-21-23-62(43(75)17-11-14-25-77-54-45(57)51(84-36(7)71)48(81-33(4)68)39(28-64)87-54)22-20-58-18-19-59-41(73)15-9-12-24-76-53-44(56)50(83-35(6)70)47(80-32(3)67)38(27-63)86-53/h38-40,44-55,58,63-64H,9-29,56-57H2,1-8H3,(H,59,73)(H,60,74)(H,61,65)/t38?,39?,40?,44?,45?,46?,47-,48-,49-,50+,51+,52+,53+,54+,55+/m0/s1. The lowest BCUT2D eigenvalue weighted by atomic mass is 9.96. The summed E-state index contributed by atoms with van der Waals surface area (Å²) < 4.78 is 72.3. The Bertz CT molecular complexity index is 2270. The normalized spacial score (nSPS) is 26.7. The third-order valence-electron chi connectivity index (χ3n) is 13.5. The molecule has 0 bridgehead atoms. The van der Waals surface area contributed by atoms with Crippen LogP contribution in [0.5, 0.6) is 0 Å². The van der Waals surface area contributed by atoms with Gasteiger partial charge in [-0.3, -0.25) is 52.7 Å². The summed E-state index contributed by atoms with van der Waals surface area (Å²) in [4.78, 5) is 136. The van der Waals surface area contributed by atoms with Crippen LogP contribution in [-0.4, -0.2) is 251 Å². The molecule has 3 saturated heterocycles. The van der Waals surface area contributed by atoms with E-state index in [1.807, 2.05) is 0 Å². The van der Waals surface area contributed by atoms with Crippen molar-refractivity contribution in [2.24, 2.45) is 11.5 Å². The number of carbonyl (C=O) groups is 11. The van der Waals surface area contributed by atoms with Gasteiger partial charge < -0.3 is 109 Å². The van der Waals surface area contributed by atoms with Crippen molar-refractivity contribution in [3.05, 3.63) is 0 Å². The smallest absolute Gasteiger partial charge is 0.303 e. The van der Waals surface area contributed by atoms with Gasteiger partial charge in [-0.2, -0.15) is 0 Å². The molecule has 3 fully saturated rings. The van der Waals surface area contributed by atoms with Crippen molar-refractivity contribution < 1.29 is 125 Å². The molecule has 33 nitrogen and oxygen atoms in total. The van der Waals surface area contributed by atoms with Crippen LogP contribution in [-0.2, 0) is 114 Å². The van der Waals surface area contributed by atoms with Crippen molar-refractivity contribution in [3.63, 3.8) is 0 Å². The highest BCUT2D eigenvalue weighted by Gasteiger charge is 2.52.